The average molecular weight is 417 g/mol. The highest BCUT2D eigenvalue weighted by atomic mass is 16.5. The lowest BCUT2D eigenvalue weighted by atomic mass is 10.1. The molecule has 158 valence electrons. The molecule has 0 saturated carbocycles. The van der Waals surface area contributed by atoms with E-state index in [2.05, 4.69) is 5.32 Å². The van der Waals surface area contributed by atoms with E-state index in [1.807, 2.05) is 31.2 Å². The Bertz CT molecular complexity index is 1090. The van der Waals surface area contributed by atoms with Crippen molar-refractivity contribution in [2.45, 2.75) is 20.5 Å². The number of anilines is 1. The minimum Gasteiger partial charge on any atom is -0.488 e. The Morgan fingerprint density at radius 1 is 0.903 bits per heavy atom. The number of hydrogen-bond donors (Lipinski definition) is 1. The summed E-state index contributed by atoms with van der Waals surface area (Å²) in [7, 11) is 0. The van der Waals surface area contributed by atoms with Crippen LogP contribution in [0.5, 0.6) is 5.75 Å². The second-order valence-electron chi connectivity index (χ2n) is 7.03. The summed E-state index contributed by atoms with van der Waals surface area (Å²) < 4.78 is 11.0. The number of carbonyl (C=O) groups is 3. The van der Waals surface area contributed by atoms with Gasteiger partial charge < -0.3 is 14.8 Å². The number of rotatable bonds is 8. The molecule has 0 aliphatic heterocycles. The summed E-state index contributed by atoms with van der Waals surface area (Å²) in [5.74, 6) is -0.790. The molecule has 0 aliphatic rings. The molecule has 6 nitrogen and oxygen atoms in total. The minimum absolute atomic E-state index is 0.198. The number of ether oxygens (including phenoxy) is 2. The van der Waals surface area contributed by atoms with Crippen LogP contribution in [-0.2, 0) is 16.1 Å². The summed E-state index contributed by atoms with van der Waals surface area (Å²) in [6.45, 7) is 3.32. The Morgan fingerprint density at radius 2 is 1.65 bits per heavy atom. The predicted molar refractivity (Wildman–Crippen MR) is 117 cm³/mol. The van der Waals surface area contributed by atoms with Crippen LogP contribution in [0.3, 0.4) is 0 Å². The first-order valence-electron chi connectivity index (χ1n) is 9.78. The average Bonchev–Trinajstić information content (AvgIpc) is 2.76. The zero-order chi connectivity index (χ0) is 22.2. The Kier molecular flexibility index (Phi) is 7.17. The summed E-state index contributed by atoms with van der Waals surface area (Å²) in [5.41, 5.74) is 3.33. The summed E-state index contributed by atoms with van der Waals surface area (Å²) in [6.07, 6.45) is 0. The molecule has 3 rings (SSSR count). The molecule has 3 aromatic rings. The second-order valence-corrected chi connectivity index (χ2v) is 7.03. The van der Waals surface area contributed by atoms with E-state index in [0.29, 0.717) is 23.6 Å². The van der Waals surface area contributed by atoms with Crippen molar-refractivity contribution in [3.8, 4) is 5.75 Å². The minimum atomic E-state index is -0.636. The molecular formula is C25H23NO5. The maximum atomic E-state index is 12.5. The van der Waals surface area contributed by atoms with Gasteiger partial charge in [-0.2, -0.15) is 0 Å². The number of para-hydroxylation sites is 1. The van der Waals surface area contributed by atoms with Crippen LogP contribution in [0.1, 0.15) is 38.8 Å². The van der Waals surface area contributed by atoms with Crippen LogP contribution < -0.4 is 10.1 Å². The Balaban J connectivity index is 1.60. The molecular weight excluding hydrogens is 394 g/mol. The van der Waals surface area contributed by atoms with Gasteiger partial charge in [0.25, 0.3) is 0 Å². The van der Waals surface area contributed by atoms with Crippen molar-refractivity contribution in [3.05, 3.63) is 95.1 Å². The van der Waals surface area contributed by atoms with Crippen LogP contribution in [0.4, 0.5) is 5.69 Å². The molecule has 1 N–H and O–H groups in total. The second kappa shape index (κ2) is 10.2. The number of nitrogens with one attached hydrogen (secondary N) is 1. The third kappa shape index (κ3) is 6.27. The summed E-state index contributed by atoms with van der Waals surface area (Å²) in [6, 6.07) is 21.0. The topological polar surface area (TPSA) is 81.7 Å². The van der Waals surface area contributed by atoms with Crippen molar-refractivity contribution in [3.63, 3.8) is 0 Å². The molecule has 0 bridgehead atoms. The number of Topliss-reactive ketones (excluding diaryl/α,β-unsaturated/α-hetero) is 1. The summed E-state index contributed by atoms with van der Waals surface area (Å²) in [5, 5.41) is 2.63. The molecule has 0 heterocycles. The van der Waals surface area contributed by atoms with E-state index in [0.717, 1.165) is 11.1 Å². The van der Waals surface area contributed by atoms with Crippen LogP contribution in [0.25, 0.3) is 0 Å². The summed E-state index contributed by atoms with van der Waals surface area (Å²) >= 11 is 0. The van der Waals surface area contributed by atoms with Gasteiger partial charge in [-0.3, -0.25) is 9.59 Å². The number of hydrogen-bond acceptors (Lipinski definition) is 5. The number of ketones is 1. The van der Waals surface area contributed by atoms with Crippen molar-refractivity contribution in [2.24, 2.45) is 0 Å². The lowest BCUT2D eigenvalue weighted by Gasteiger charge is -2.11. The lowest BCUT2D eigenvalue weighted by Crippen LogP contribution is -2.15. The molecule has 0 unspecified atom stereocenters. The SMILES string of the molecule is CC(=O)Nc1ccc(C(=O)COC(=O)c2ccccc2OCc2cccc(C)c2)cc1. The largest absolute Gasteiger partial charge is 0.488 e. The standard InChI is InChI=1S/C25H23NO5/c1-17-6-5-7-19(14-17)15-30-24-9-4-3-8-22(24)25(29)31-16-23(28)20-10-12-21(13-11-20)26-18(2)27/h3-14H,15-16H2,1-2H3,(H,26,27). The zero-order valence-corrected chi connectivity index (χ0v) is 17.4. The number of esters is 1. The highest BCUT2D eigenvalue weighted by Crippen LogP contribution is 2.21. The normalized spacial score (nSPS) is 10.3. The van der Waals surface area contributed by atoms with Crippen molar-refractivity contribution in [1.29, 1.82) is 0 Å². The molecule has 0 aliphatic carbocycles. The zero-order valence-electron chi connectivity index (χ0n) is 17.4. The molecule has 1 amide bonds. The molecule has 0 fully saturated rings. The Labute approximate surface area is 180 Å². The Morgan fingerprint density at radius 3 is 2.35 bits per heavy atom. The third-order valence-corrected chi connectivity index (χ3v) is 4.45. The van der Waals surface area contributed by atoms with Crippen molar-refractivity contribution < 1.29 is 23.9 Å². The molecule has 0 atom stereocenters. The lowest BCUT2D eigenvalue weighted by molar-refractivity contribution is -0.114. The predicted octanol–water partition coefficient (Wildman–Crippen LogP) is 4.57. The van der Waals surface area contributed by atoms with Crippen molar-refractivity contribution >= 4 is 23.3 Å². The van der Waals surface area contributed by atoms with E-state index in [9.17, 15) is 14.4 Å². The molecule has 0 spiro atoms. The summed E-state index contributed by atoms with van der Waals surface area (Å²) in [4.78, 5) is 36.0. The van der Waals surface area contributed by atoms with Gasteiger partial charge in [0, 0.05) is 18.2 Å². The van der Waals surface area contributed by atoms with Gasteiger partial charge in [0.2, 0.25) is 5.91 Å². The molecule has 0 radical (unpaired) electrons. The van der Waals surface area contributed by atoms with Crippen LogP contribution in [0, 0.1) is 6.92 Å². The first kappa shape index (κ1) is 21.8. The fourth-order valence-electron chi connectivity index (χ4n) is 2.96. The van der Waals surface area contributed by atoms with E-state index in [1.165, 1.54) is 6.92 Å². The van der Waals surface area contributed by atoms with Crippen molar-refractivity contribution in [1.82, 2.24) is 0 Å². The number of benzene rings is 3. The quantitative estimate of drug-likeness (QED) is 0.429. The first-order valence-corrected chi connectivity index (χ1v) is 9.78. The van der Waals surface area contributed by atoms with Gasteiger partial charge in [-0.1, -0.05) is 42.0 Å². The van der Waals surface area contributed by atoms with Gasteiger partial charge >= 0.3 is 5.97 Å². The van der Waals surface area contributed by atoms with Crippen LogP contribution in [-0.4, -0.2) is 24.3 Å². The highest BCUT2D eigenvalue weighted by molar-refractivity contribution is 6.00. The molecule has 0 saturated heterocycles. The van der Waals surface area contributed by atoms with E-state index in [-0.39, 0.29) is 17.3 Å². The fourth-order valence-corrected chi connectivity index (χ4v) is 2.96. The molecule has 6 heteroatoms. The van der Waals surface area contributed by atoms with Crippen LogP contribution >= 0.6 is 0 Å². The number of amides is 1. The van der Waals surface area contributed by atoms with Crippen molar-refractivity contribution in [2.75, 3.05) is 11.9 Å². The fraction of sp³-hybridized carbons (Fsp3) is 0.160. The number of aryl methyl sites for hydroxylation is 1. The third-order valence-electron chi connectivity index (χ3n) is 4.45. The van der Waals surface area contributed by atoms with Gasteiger partial charge in [-0.05, 0) is 48.9 Å². The van der Waals surface area contributed by atoms with Gasteiger partial charge in [0.1, 0.15) is 17.9 Å². The van der Waals surface area contributed by atoms with Gasteiger partial charge in [-0.25, -0.2) is 4.79 Å². The molecule has 3 aromatic carbocycles. The van der Waals surface area contributed by atoms with E-state index >= 15 is 0 Å². The van der Waals surface area contributed by atoms with Gasteiger partial charge in [0.05, 0.1) is 0 Å². The highest BCUT2D eigenvalue weighted by Gasteiger charge is 2.16. The van der Waals surface area contributed by atoms with E-state index in [1.54, 1.807) is 48.5 Å². The Hall–Kier alpha value is -3.93. The van der Waals surface area contributed by atoms with Gasteiger partial charge in [-0.15, -0.1) is 0 Å². The molecule has 0 aromatic heterocycles. The van der Waals surface area contributed by atoms with Crippen LogP contribution in [0.15, 0.2) is 72.8 Å². The van der Waals surface area contributed by atoms with E-state index < -0.39 is 12.6 Å². The maximum absolute atomic E-state index is 12.5. The maximum Gasteiger partial charge on any atom is 0.342 e. The monoisotopic (exact) mass is 417 g/mol. The first-order chi connectivity index (χ1) is 14.9. The number of carbonyl (C=O) groups excluding carboxylic acids is 3. The molecule has 31 heavy (non-hydrogen) atoms. The smallest absolute Gasteiger partial charge is 0.342 e. The van der Waals surface area contributed by atoms with Gasteiger partial charge in [0.15, 0.2) is 12.4 Å². The van der Waals surface area contributed by atoms with Crippen LogP contribution in [0.2, 0.25) is 0 Å². The van der Waals surface area contributed by atoms with E-state index in [4.69, 9.17) is 9.47 Å².